The average molecular weight is 491 g/mol. The van der Waals surface area contributed by atoms with E-state index in [0.29, 0.717) is 28.0 Å². The molecule has 5 rings (SSSR count). The Bertz CT molecular complexity index is 1610. The standard InChI is InChI=1S/C26H19ClN2O6/c1-13-9-18-21(10-14(13)2)35-25-22(24(18)30)23(15-5-4-6-17(11-15)29(32)33)28(26(25)31)16-7-8-20(34-3)19(27)12-16/h4-12,23H,1-3H3. The number of aryl methyl sites for hydroxylation is 2. The van der Waals surface area contributed by atoms with Crippen molar-refractivity contribution in [2.24, 2.45) is 0 Å². The van der Waals surface area contributed by atoms with E-state index in [-0.39, 0.29) is 27.5 Å². The summed E-state index contributed by atoms with van der Waals surface area (Å²) < 4.78 is 11.2. The van der Waals surface area contributed by atoms with E-state index in [2.05, 4.69) is 0 Å². The van der Waals surface area contributed by atoms with Crippen LogP contribution in [0.4, 0.5) is 11.4 Å². The van der Waals surface area contributed by atoms with Gasteiger partial charge in [0.1, 0.15) is 11.3 Å². The number of nitro groups is 1. The molecule has 9 heteroatoms. The number of nitro benzene ring substituents is 1. The van der Waals surface area contributed by atoms with E-state index in [9.17, 15) is 19.7 Å². The Morgan fingerprint density at radius 1 is 1.06 bits per heavy atom. The Labute approximate surface area is 204 Å². The number of carbonyl (C=O) groups is 1. The highest BCUT2D eigenvalue weighted by atomic mass is 35.5. The van der Waals surface area contributed by atoms with Gasteiger partial charge in [-0.2, -0.15) is 0 Å². The van der Waals surface area contributed by atoms with Gasteiger partial charge in [-0.05, 0) is 60.9 Å². The molecule has 0 N–H and O–H groups in total. The lowest BCUT2D eigenvalue weighted by molar-refractivity contribution is -0.384. The second kappa shape index (κ2) is 8.25. The van der Waals surface area contributed by atoms with Crippen molar-refractivity contribution in [3.05, 3.63) is 108 Å². The molecule has 1 aliphatic rings. The minimum Gasteiger partial charge on any atom is -0.495 e. The van der Waals surface area contributed by atoms with Crippen molar-refractivity contribution in [2.75, 3.05) is 12.0 Å². The molecule has 1 aromatic heterocycles. The maximum Gasteiger partial charge on any atom is 0.295 e. The summed E-state index contributed by atoms with van der Waals surface area (Å²) in [5.41, 5.74) is 2.51. The number of benzene rings is 3. The molecule has 8 nitrogen and oxygen atoms in total. The van der Waals surface area contributed by atoms with Crippen LogP contribution in [0, 0.1) is 24.0 Å². The predicted octanol–water partition coefficient (Wildman–Crippen LogP) is 5.73. The first kappa shape index (κ1) is 22.6. The van der Waals surface area contributed by atoms with Crippen LogP contribution in [0.1, 0.15) is 38.9 Å². The highest BCUT2D eigenvalue weighted by Gasteiger charge is 2.44. The molecule has 0 aliphatic carbocycles. The van der Waals surface area contributed by atoms with Crippen LogP contribution in [0.25, 0.3) is 11.0 Å². The molecule has 0 saturated carbocycles. The summed E-state index contributed by atoms with van der Waals surface area (Å²) in [5, 5.41) is 12.1. The number of fused-ring (bicyclic) bond motifs is 2. The summed E-state index contributed by atoms with van der Waals surface area (Å²) in [4.78, 5) is 39.8. The zero-order valence-electron chi connectivity index (χ0n) is 19.0. The highest BCUT2D eigenvalue weighted by Crippen LogP contribution is 2.43. The quantitative estimate of drug-likeness (QED) is 0.267. The number of ether oxygens (including phenoxy) is 1. The van der Waals surface area contributed by atoms with E-state index in [1.165, 1.54) is 30.2 Å². The molecule has 3 aromatic carbocycles. The Morgan fingerprint density at radius 2 is 1.80 bits per heavy atom. The molecule has 176 valence electrons. The molecule has 1 amide bonds. The lowest BCUT2D eigenvalue weighted by Crippen LogP contribution is -2.29. The number of anilines is 1. The van der Waals surface area contributed by atoms with Gasteiger partial charge in [-0.25, -0.2) is 0 Å². The second-order valence-electron chi connectivity index (χ2n) is 8.36. The Balaban J connectivity index is 1.82. The lowest BCUT2D eigenvalue weighted by Gasteiger charge is -2.25. The summed E-state index contributed by atoms with van der Waals surface area (Å²) in [6, 6.07) is 13.2. The number of non-ortho nitro benzene ring substituents is 1. The fraction of sp³-hybridized carbons (Fsp3) is 0.154. The van der Waals surface area contributed by atoms with E-state index >= 15 is 0 Å². The average Bonchev–Trinajstić information content (AvgIpc) is 3.13. The minimum absolute atomic E-state index is 0.103. The molecule has 0 radical (unpaired) electrons. The van der Waals surface area contributed by atoms with Crippen molar-refractivity contribution in [3.63, 3.8) is 0 Å². The number of carbonyl (C=O) groups excluding carboxylic acids is 1. The summed E-state index contributed by atoms with van der Waals surface area (Å²) >= 11 is 6.34. The Hall–Kier alpha value is -4.17. The molecule has 0 spiro atoms. The van der Waals surface area contributed by atoms with Crippen LogP contribution >= 0.6 is 11.6 Å². The van der Waals surface area contributed by atoms with Gasteiger partial charge in [0.25, 0.3) is 11.6 Å². The van der Waals surface area contributed by atoms with Crippen LogP contribution in [-0.4, -0.2) is 17.9 Å². The van der Waals surface area contributed by atoms with Gasteiger partial charge in [-0.3, -0.25) is 24.6 Å². The Kier molecular flexibility index (Phi) is 5.33. The first-order valence-corrected chi connectivity index (χ1v) is 11.1. The van der Waals surface area contributed by atoms with Gasteiger partial charge in [-0.15, -0.1) is 0 Å². The molecular weight excluding hydrogens is 472 g/mol. The molecular formula is C26H19ClN2O6. The smallest absolute Gasteiger partial charge is 0.295 e. The third-order valence-electron chi connectivity index (χ3n) is 6.30. The van der Waals surface area contributed by atoms with Gasteiger partial charge in [0.15, 0.2) is 5.43 Å². The number of hydrogen-bond donors (Lipinski definition) is 0. The lowest BCUT2D eigenvalue weighted by atomic mass is 9.97. The maximum atomic E-state index is 13.8. The van der Waals surface area contributed by atoms with Gasteiger partial charge in [0.05, 0.1) is 34.0 Å². The van der Waals surface area contributed by atoms with Crippen molar-refractivity contribution in [1.29, 1.82) is 0 Å². The number of rotatable bonds is 4. The predicted molar refractivity (Wildman–Crippen MR) is 132 cm³/mol. The summed E-state index contributed by atoms with van der Waals surface area (Å²) in [5.74, 6) is -0.235. The van der Waals surface area contributed by atoms with E-state index in [1.807, 2.05) is 13.8 Å². The van der Waals surface area contributed by atoms with E-state index in [4.69, 9.17) is 20.8 Å². The third kappa shape index (κ3) is 3.54. The van der Waals surface area contributed by atoms with Gasteiger partial charge >= 0.3 is 0 Å². The zero-order valence-corrected chi connectivity index (χ0v) is 19.8. The number of halogens is 1. The van der Waals surface area contributed by atoms with Crippen molar-refractivity contribution < 1.29 is 18.9 Å². The molecule has 1 aliphatic heterocycles. The molecule has 0 fully saturated rings. The summed E-state index contributed by atoms with van der Waals surface area (Å²) in [6.07, 6.45) is 0. The van der Waals surface area contributed by atoms with Crippen LogP contribution in [-0.2, 0) is 0 Å². The van der Waals surface area contributed by atoms with Crippen LogP contribution in [0.5, 0.6) is 5.75 Å². The summed E-state index contributed by atoms with van der Waals surface area (Å²) in [6.45, 7) is 3.78. The Morgan fingerprint density at radius 3 is 2.49 bits per heavy atom. The second-order valence-corrected chi connectivity index (χ2v) is 8.76. The van der Waals surface area contributed by atoms with Gasteiger partial charge < -0.3 is 9.15 Å². The third-order valence-corrected chi connectivity index (χ3v) is 6.59. The molecule has 1 unspecified atom stereocenters. The zero-order chi connectivity index (χ0) is 25.0. The van der Waals surface area contributed by atoms with Crippen molar-refractivity contribution in [2.45, 2.75) is 19.9 Å². The van der Waals surface area contributed by atoms with E-state index < -0.39 is 16.9 Å². The number of nitrogens with zero attached hydrogens (tertiary/aromatic N) is 2. The summed E-state index contributed by atoms with van der Waals surface area (Å²) in [7, 11) is 1.47. The normalized spacial score (nSPS) is 14.9. The fourth-order valence-corrected chi connectivity index (χ4v) is 4.68. The first-order valence-electron chi connectivity index (χ1n) is 10.7. The van der Waals surface area contributed by atoms with Crippen molar-refractivity contribution in [1.82, 2.24) is 0 Å². The molecule has 1 atom stereocenters. The first-order chi connectivity index (χ1) is 16.7. The molecule has 0 bridgehead atoms. The molecule has 35 heavy (non-hydrogen) atoms. The van der Waals surface area contributed by atoms with E-state index in [1.54, 1.807) is 36.4 Å². The largest absolute Gasteiger partial charge is 0.495 e. The maximum absolute atomic E-state index is 13.8. The van der Waals surface area contributed by atoms with Crippen LogP contribution in [0.2, 0.25) is 5.02 Å². The SMILES string of the molecule is COc1ccc(N2C(=O)c3oc4cc(C)c(C)cc4c(=O)c3C2c2cccc([N+](=O)[O-])c2)cc1Cl. The van der Waals surface area contributed by atoms with Crippen LogP contribution in [0.3, 0.4) is 0 Å². The van der Waals surface area contributed by atoms with Crippen molar-refractivity contribution >= 4 is 39.9 Å². The van der Waals surface area contributed by atoms with Gasteiger partial charge in [-0.1, -0.05) is 23.7 Å². The minimum atomic E-state index is -0.955. The van der Waals surface area contributed by atoms with Gasteiger partial charge in [0.2, 0.25) is 5.76 Å². The number of hydrogen-bond acceptors (Lipinski definition) is 6. The molecule has 4 aromatic rings. The number of methoxy groups -OCH3 is 1. The van der Waals surface area contributed by atoms with E-state index in [0.717, 1.165) is 11.1 Å². The molecule has 0 saturated heterocycles. The molecule has 2 heterocycles. The van der Waals surface area contributed by atoms with Crippen LogP contribution < -0.4 is 15.1 Å². The highest BCUT2D eigenvalue weighted by molar-refractivity contribution is 6.32. The monoisotopic (exact) mass is 490 g/mol. The topological polar surface area (TPSA) is 103 Å². The van der Waals surface area contributed by atoms with Crippen molar-refractivity contribution in [3.8, 4) is 5.75 Å². The van der Waals surface area contributed by atoms with Crippen LogP contribution in [0.15, 0.2) is 63.8 Å². The fourth-order valence-electron chi connectivity index (χ4n) is 4.42. The van der Waals surface area contributed by atoms with Gasteiger partial charge in [0, 0.05) is 17.8 Å². The number of amides is 1.